The molecule has 0 N–H and O–H groups in total. The van der Waals surface area contributed by atoms with Gasteiger partial charge in [0.25, 0.3) is 0 Å². The maximum atomic E-state index is 14.7. The van der Waals surface area contributed by atoms with Crippen LogP contribution in [-0.2, 0) is 6.54 Å². The average molecular weight is 345 g/mol. The Balaban J connectivity index is 1.66. The van der Waals surface area contributed by atoms with Crippen molar-refractivity contribution in [1.82, 2.24) is 4.57 Å². The fraction of sp³-hybridized carbons (Fsp3) is 0.182. The van der Waals surface area contributed by atoms with Crippen molar-refractivity contribution >= 4 is 35.1 Å². The molecule has 0 aliphatic carbocycles. The number of nitrogens with zero attached hydrogens (tertiary/aromatic N) is 1. The standard InChI is InChI=1S/C22H21BFNO/c1-15-7-9-21-19(11-15)20-12-16(23)8-10-22(20)25(21)13-17(24)14-26-18-5-3-2-4-6-18/h2-12,17H,13-14,23H2,1H3. The van der Waals surface area contributed by atoms with Crippen LogP contribution < -0.4 is 10.2 Å². The molecule has 130 valence electrons. The molecule has 0 fully saturated rings. The molecule has 1 aromatic heterocycles. The molecule has 0 saturated carbocycles. The number of aromatic nitrogens is 1. The van der Waals surface area contributed by atoms with Crippen molar-refractivity contribution in [3.05, 3.63) is 72.3 Å². The van der Waals surface area contributed by atoms with Gasteiger partial charge in [0.2, 0.25) is 0 Å². The molecular formula is C22H21BFNO. The molecule has 26 heavy (non-hydrogen) atoms. The smallest absolute Gasteiger partial charge is 0.152 e. The van der Waals surface area contributed by atoms with Crippen LogP contribution in [0.15, 0.2) is 66.7 Å². The van der Waals surface area contributed by atoms with Crippen molar-refractivity contribution in [2.24, 2.45) is 0 Å². The summed E-state index contributed by atoms with van der Waals surface area (Å²) in [6.07, 6.45) is -1.09. The van der Waals surface area contributed by atoms with E-state index in [-0.39, 0.29) is 13.2 Å². The summed E-state index contributed by atoms with van der Waals surface area (Å²) in [5.74, 6) is 0.698. The maximum Gasteiger partial charge on any atom is 0.152 e. The van der Waals surface area contributed by atoms with Crippen LogP contribution in [0.5, 0.6) is 5.75 Å². The zero-order valence-corrected chi connectivity index (χ0v) is 15.1. The molecule has 0 aliphatic heterocycles. The van der Waals surface area contributed by atoms with E-state index in [0.717, 1.165) is 11.0 Å². The lowest BCUT2D eigenvalue weighted by atomic mass is 9.94. The van der Waals surface area contributed by atoms with Crippen molar-refractivity contribution in [1.29, 1.82) is 0 Å². The molecule has 4 rings (SSSR count). The summed E-state index contributed by atoms with van der Waals surface area (Å²) < 4.78 is 22.4. The van der Waals surface area contributed by atoms with E-state index in [0.29, 0.717) is 5.75 Å². The van der Waals surface area contributed by atoms with Crippen LogP contribution in [0.3, 0.4) is 0 Å². The van der Waals surface area contributed by atoms with Crippen molar-refractivity contribution in [2.75, 3.05) is 6.61 Å². The van der Waals surface area contributed by atoms with Gasteiger partial charge in [-0.1, -0.05) is 47.4 Å². The van der Waals surface area contributed by atoms with Crippen molar-refractivity contribution in [3.8, 4) is 5.75 Å². The first-order chi connectivity index (χ1) is 12.6. The van der Waals surface area contributed by atoms with Crippen molar-refractivity contribution in [3.63, 3.8) is 0 Å². The number of hydrogen-bond donors (Lipinski definition) is 0. The molecule has 0 spiro atoms. The summed E-state index contributed by atoms with van der Waals surface area (Å²) >= 11 is 0. The summed E-state index contributed by atoms with van der Waals surface area (Å²) in [4.78, 5) is 0. The first kappa shape index (κ1) is 16.7. The van der Waals surface area contributed by atoms with Crippen molar-refractivity contribution in [2.45, 2.75) is 19.6 Å². The predicted octanol–water partition coefficient (Wildman–Crippen LogP) is 3.78. The van der Waals surface area contributed by atoms with Crippen LogP contribution in [-0.4, -0.2) is 25.2 Å². The van der Waals surface area contributed by atoms with Crippen molar-refractivity contribution < 1.29 is 9.13 Å². The number of alkyl halides is 1. The van der Waals surface area contributed by atoms with Crippen LogP contribution in [0.4, 0.5) is 4.39 Å². The number of benzene rings is 3. The second kappa shape index (κ2) is 6.87. The third kappa shape index (κ3) is 3.19. The van der Waals surface area contributed by atoms with Gasteiger partial charge in [-0.3, -0.25) is 0 Å². The second-order valence-electron chi connectivity index (χ2n) is 6.87. The van der Waals surface area contributed by atoms with Crippen LogP contribution in [0.1, 0.15) is 5.56 Å². The Morgan fingerprint density at radius 3 is 2.42 bits per heavy atom. The molecule has 1 heterocycles. The highest BCUT2D eigenvalue weighted by molar-refractivity contribution is 6.33. The SMILES string of the molecule is Bc1ccc2c(c1)c1cc(C)ccc1n2CC(F)COc1ccccc1. The highest BCUT2D eigenvalue weighted by Crippen LogP contribution is 2.29. The number of hydrogen-bond acceptors (Lipinski definition) is 1. The van der Waals surface area contributed by atoms with E-state index in [9.17, 15) is 4.39 Å². The lowest BCUT2D eigenvalue weighted by Gasteiger charge is -2.13. The first-order valence-electron chi connectivity index (χ1n) is 8.93. The number of halogens is 1. The number of ether oxygens (including phenoxy) is 1. The number of fused-ring (bicyclic) bond motifs is 3. The van der Waals surface area contributed by atoms with Gasteiger partial charge in [0, 0.05) is 21.8 Å². The van der Waals surface area contributed by atoms with Gasteiger partial charge in [-0.25, -0.2) is 4.39 Å². The molecular weight excluding hydrogens is 324 g/mol. The lowest BCUT2D eigenvalue weighted by molar-refractivity contribution is 0.181. The van der Waals surface area contributed by atoms with Crippen LogP contribution in [0.25, 0.3) is 21.8 Å². The largest absolute Gasteiger partial charge is 0.490 e. The summed E-state index contributed by atoms with van der Waals surface area (Å²) in [5, 5.41) is 2.36. The second-order valence-corrected chi connectivity index (χ2v) is 6.87. The van der Waals surface area contributed by atoms with E-state index in [1.54, 1.807) is 0 Å². The van der Waals surface area contributed by atoms with Gasteiger partial charge in [0.1, 0.15) is 20.2 Å². The number of rotatable bonds is 5. The summed E-state index contributed by atoms with van der Waals surface area (Å²) in [7, 11) is 2.09. The molecule has 0 amide bonds. The Bertz CT molecular complexity index is 999. The highest BCUT2D eigenvalue weighted by Gasteiger charge is 2.15. The molecule has 0 radical (unpaired) electrons. The van der Waals surface area contributed by atoms with Crippen LogP contribution >= 0.6 is 0 Å². The van der Waals surface area contributed by atoms with E-state index >= 15 is 0 Å². The van der Waals surface area contributed by atoms with E-state index < -0.39 is 6.17 Å². The summed E-state index contributed by atoms with van der Waals surface area (Å²) in [6.45, 7) is 2.41. The van der Waals surface area contributed by atoms with Gasteiger partial charge >= 0.3 is 0 Å². The van der Waals surface area contributed by atoms with Gasteiger partial charge in [-0.2, -0.15) is 0 Å². The Hall–Kier alpha value is -2.75. The maximum absolute atomic E-state index is 14.7. The third-order valence-corrected chi connectivity index (χ3v) is 4.73. The molecule has 4 heteroatoms. The predicted molar refractivity (Wildman–Crippen MR) is 109 cm³/mol. The fourth-order valence-electron chi connectivity index (χ4n) is 3.48. The lowest BCUT2D eigenvalue weighted by Crippen LogP contribution is -2.19. The summed E-state index contributed by atoms with van der Waals surface area (Å²) in [5.41, 5.74) is 4.56. The molecule has 0 saturated heterocycles. The zero-order valence-electron chi connectivity index (χ0n) is 15.1. The molecule has 0 aliphatic rings. The Labute approximate surface area is 153 Å². The van der Waals surface area contributed by atoms with Gasteiger partial charge in [-0.05, 0) is 37.3 Å². The monoisotopic (exact) mass is 345 g/mol. The Morgan fingerprint density at radius 1 is 0.962 bits per heavy atom. The Morgan fingerprint density at radius 2 is 1.65 bits per heavy atom. The Kier molecular flexibility index (Phi) is 4.42. The van der Waals surface area contributed by atoms with E-state index in [1.165, 1.54) is 21.8 Å². The van der Waals surface area contributed by atoms with Crippen LogP contribution in [0, 0.1) is 6.92 Å². The highest BCUT2D eigenvalue weighted by atomic mass is 19.1. The first-order valence-corrected chi connectivity index (χ1v) is 8.93. The van der Waals surface area contributed by atoms with Crippen LogP contribution in [0.2, 0.25) is 0 Å². The van der Waals surface area contributed by atoms with E-state index in [2.05, 4.69) is 55.7 Å². The van der Waals surface area contributed by atoms with E-state index in [4.69, 9.17) is 4.74 Å². The fourth-order valence-corrected chi connectivity index (χ4v) is 3.48. The average Bonchev–Trinajstić information content (AvgIpc) is 2.93. The molecule has 1 unspecified atom stereocenters. The minimum Gasteiger partial charge on any atom is -0.490 e. The van der Waals surface area contributed by atoms with E-state index in [1.807, 2.05) is 30.3 Å². The topological polar surface area (TPSA) is 14.2 Å². The summed E-state index contributed by atoms with van der Waals surface area (Å²) in [6, 6.07) is 22.1. The van der Waals surface area contributed by atoms with Gasteiger partial charge in [0.05, 0.1) is 6.54 Å². The zero-order chi connectivity index (χ0) is 18.1. The molecule has 0 bridgehead atoms. The quantitative estimate of drug-likeness (QED) is 0.502. The minimum atomic E-state index is -1.09. The molecule has 2 nitrogen and oxygen atoms in total. The van der Waals surface area contributed by atoms with Gasteiger partial charge in [-0.15, -0.1) is 0 Å². The molecule has 1 atom stereocenters. The normalized spacial score (nSPS) is 12.5. The van der Waals surface area contributed by atoms with Gasteiger partial charge in [0.15, 0.2) is 6.17 Å². The molecule has 4 aromatic rings. The third-order valence-electron chi connectivity index (χ3n) is 4.73. The number of aryl methyl sites for hydroxylation is 1. The van der Waals surface area contributed by atoms with Gasteiger partial charge < -0.3 is 9.30 Å². The minimum absolute atomic E-state index is 0.0445. The molecule has 3 aromatic carbocycles. The number of para-hydroxylation sites is 1.